The molecule has 1 saturated heterocycles. The van der Waals surface area contributed by atoms with Crippen LogP contribution >= 0.6 is 0 Å². The van der Waals surface area contributed by atoms with Crippen LogP contribution in [0.15, 0.2) is 59.8 Å². The number of halogens is 5. The Morgan fingerprint density at radius 2 is 1.85 bits per heavy atom. The maximum Gasteiger partial charge on any atom is 0.433 e. The minimum absolute atomic E-state index is 0.150. The second-order valence-corrected chi connectivity index (χ2v) is 9.46. The third-order valence-corrected chi connectivity index (χ3v) is 6.34. The number of epoxide rings is 1. The Bertz CT molecular complexity index is 1830. The fourth-order valence-corrected chi connectivity index (χ4v) is 4.55. The molecule has 1 aliphatic rings. The number of aromatic amines is 1. The van der Waals surface area contributed by atoms with E-state index in [0.717, 1.165) is 30.6 Å². The molecule has 10 nitrogen and oxygen atoms in total. The van der Waals surface area contributed by atoms with Gasteiger partial charge in [0.25, 0.3) is 0 Å². The predicted molar refractivity (Wildman–Crippen MR) is 135 cm³/mol. The minimum atomic E-state index is -4.85. The van der Waals surface area contributed by atoms with Crippen molar-refractivity contribution in [3.63, 3.8) is 0 Å². The summed E-state index contributed by atoms with van der Waals surface area (Å²) in [7, 11) is 0. The summed E-state index contributed by atoms with van der Waals surface area (Å²) in [5.74, 6) is -1.83. The van der Waals surface area contributed by atoms with Crippen molar-refractivity contribution in [3.05, 3.63) is 88.4 Å². The lowest BCUT2D eigenvalue weighted by Gasteiger charge is -2.13. The highest BCUT2D eigenvalue weighted by atomic mass is 19.4. The summed E-state index contributed by atoms with van der Waals surface area (Å²) in [6.07, 6.45) is -3.39. The molecule has 1 aromatic carbocycles. The van der Waals surface area contributed by atoms with Gasteiger partial charge in [0.2, 0.25) is 0 Å². The number of H-pyrrole nitrogens is 1. The Morgan fingerprint density at radius 3 is 2.56 bits per heavy atom. The van der Waals surface area contributed by atoms with Crippen molar-refractivity contribution in [2.45, 2.75) is 38.4 Å². The van der Waals surface area contributed by atoms with Gasteiger partial charge in [-0.1, -0.05) is 0 Å². The molecule has 1 fully saturated rings. The first-order chi connectivity index (χ1) is 19.5. The minimum Gasteiger partial charge on any atom is -0.452 e. The van der Waals surface area contributed by atoms with Gasteiger partial charge in [-0.05, 0) is 32.0 Å². The maximum absolute atomic E-state index is 15.0. The summed E-state index contributed by atoms with van der Waals surface area (Å²) in [5, 5.41) is 6.59. The standard InChI is InChI=1S/C26H20F5N7O3/c1-12(2)37-20-18(6-8-33-23(20)36-25(37)39)40-17-4-3-14(10-16(17)28)35-24-21(41-24)15-11-34-38(22(15)26(29,30)31)19-9-13(27)5-7-32-19/h3-12,21,24,35H,1-2H3,(H,33,36,39). The number of rotatable bonds is 7. The molecule has 5 heterocycles. The summed E-state index contributed by atoms with van der Waals surface area (Å²) >= 11 is 0. The first-order valence-electron chi connectivity index (χ1n) is 12.3. The third kappa shape index (κ3) is 4.88. The second-order valence-electron chi connectivity index (χ2n) is 9.46. The summed E-state index contributed by atoms with van der Waals surface area (Å²) < 4.78 is 83.7. The van der Waals surface area contributed by atoms with Crippen molar-refractivity contribution in [2.75, 3.05) is 5.32 Å². The third-order valence-electron chi connectivity index (χ3n) is 6.34. The van der Waals surface area contributed by atoms with Crippen LogP contribution in [0.1, 0.15) is 37.3 Å². The Hall–Kier alpha value is -4.79. The number of nitrogens with zero attached hydrogens (tertiary/aromatic N) is 5. The van der Waals surface area contributed by atoms with E-state index in [2.05, 4.69) is 25.4 Å². The van der Waals surface area contributed by atoms with Gasteiger partial charge in [0.15, 0.2) is 40.7 Å². The van der Waals surface area contributed by atoms with Gasteiger partial charge in [0.05, 0.1) is 6.20 Å². The number of anilines is 1. The van der Waals surface area contributed by atoms with E-state index in [0.29, 0.717) is 10.2 Å². The van der Waals surface area contributed by atoms with Crippen LogP contribution in [0.5, 0.6) is 11.5 Å². The molecular weight excluding hydrogens is 553 g/mol. The molecule has 0 bridgehead atoms. The predicted octanol–water partition coefficient (Wildman–Crippen LogP) is 5.49. The molecular formula is C26H20F5N7O3. The number of hydrogen-bond donors (Lipinski definition) is 2. The average molecular weight is 573 g/mol. The summed E-state index contributed by atoms with van der Waals surface area (Å²) in [4.78, 5) is 22.9. The van der Waals surface area contributed by atoms with Gasteiger partial charge in [-0.15, -0.1) is 0 Å². The molecule has 0 aliphatic carbocycles. The molecule has 2 atom stereocenters. The number of alkyl halides is 3. The molecule has 2 unspecified atom stereocenters. The van der Waals surface area contributed by atoms with Crippen LogP contribution in [0.4, 0.5) is 27.6 Å². The first kappa shape index (κ1) is 26.4. The van der Waals surface area contributed by atoms with Gasteiger partial charge in [-0.2, -0.15) is 18.3 Å². The molecule has 0 amide bonds. The van der Waals surface area contributed by atoms with Crippen LogP contribution in [-0.4, -0.2) is 35.5 Å². The zero-order valence-corrected chi connectivity index (χ0v) is 21.3. The first-order valence-corrected chi connectivity index (χ1v) is 12.3. The Morgan fingerprint density at radius 1 is 1.07 bits per heavy atom. The molecule has 6 rings (SSSR count). The molecule has 2 N–H and O–H groups in total. The van der Waals surface area contributed by atoms with Crippen LogP contribution in [-0.2, 0) is 10.9 Å². The van der Waals surface area contributed by atoms with Crippen molar-refractivity contribution >= 4 is 16.9 Å². The van der Waals surface area contributed by atoms with Crippen LogP contribution in [0.2, 0.25) is 0 Å². The summed E-state index contributed by atoms with van der Waals surface area (Å²) in [6.45, 7) is 3.61. The smallest absolute Gasteiger partial charge is 0.433 e. The number of imidazole rings is 1. The number of aromatic nitrogens is 6. The summed E-state index contributed by atoms with van der Waals surface area (Å²) in [5.41, 5.74) is -0.956. The number of benzene rings is 1. The van der Waals surface area contributed by atoms with Crippen molar-refractivity contribution in [1.82, 2.24) is 29.3 Å². The normalized spacial score (nSPS) is 16.9. The highest BCUT2D eigenvalue weighted by Crippen LogP contribution is 2.45. The quantitative estimate of drug-likeness (QED) is 0.196. The lowest BCUT2D eigenvalue weighted by atomic mass is 10.1. The lowest BCUT2D eigenvalue weighted by Crippen LogP contribution is -2.18. The topological polar surface area (TPSA) is 115 Å². The van der Waals surface area contributed by atoms with Gasteiger partial charge in [0.1, 0.15) is 17.4 Å². The Balaban J connectivity index is 1.22. The zero-order chi connectivity index (χ0) is 29.1. The molecule has 5 aromatic rings. The van der Waals surface area contributed by atoms with E-state index in [1.807, 2.05) is 0 Å². The van der Waals surface area contributed by atoms with E-state index < -0.39 is 35.8 Å². The van der Waals surface area contributed by atoms with Gasteiger partial charge in [0, 0.05) is 47.9 Å². The lowest BCUT2D eigenvalue weighted by molar-refractivity contribution is -0.143. The molecule has 0 saturated carbocycles. The average Bonchev–Trinajstić information content (AvgIpc) is 3.34. The molecule has 212 valence electrons. The zero-order valence-electron chi connectivity index (χ0n) is 21.3. The molecule has 1 aliphatic heterocycles. The monoisotopic (exact) mass is 573 g/mol. The van der Waals surface area contributed by atoms with Crippen LogP contribution in [0.25, 0.3) is 17.0 Å². The van der Waals surface area contributed by atoms with Crippen LogP contribution in [0.3, 0.4) is 0 Å². The van der Waals surface area contributed by atoms with E-state index in [9.17, 15) is 22.4 Å². The largest absolute Gasteiger partial charge is 0.452 e. The summed E-state index contributed by atoms with van der Waals surface area (Å²) in [6, 6.07) is 7.01. The number of ether oxygens (including phenoxy) is 2. The van der Waals surface area contributed by atoms with E-state index in [-0.39, 0.29) is 45.9 Å². The maximum atomic E-state index is 15.0. The Kier molecular flexibility index (Phi) is 6.25. The highest BCUT2D eigenvalue weighted by molar-refractivity contribution is 5.78. The van der Waals surface area contributed by atoms with Crippen LogP contribution in [0, 0.1) is 11.6 Å². The van der Waals surface area contributed by atoms with Crippen molar-refractivity contribution in [1.29, 1.82) is 0 Å². The molecule has 0 radical (unpaired) electrons. The van der Waals surface area contributed by atoms with E-state index in [1.54, 1.807) is 13.8 Å². The van der Waals surface area contributed by atoms with Gasteiger partial charge in [-0.25, -0.2) is 28.2 Å². The number of fused-ring (bicyclic) bond motifs is 1. The van der Waals surface area contributed by atoms with Crippen molar-refractivity contribution in [3.8, 4) is 17.3 Å². The second kappa shape index (κ2) is 9.69. The molecule has 41 heavy (non-hydrogen) atoms. The fourth-order valence-electron chi connectivity index (χ4n) is 4.55. The molecule has 4 aromatic heterocycles. The molecule has 0 spiro atoms. The van der Waals surface area contributed by atoms with E-state index in [1.165, 1.54) is 29.0 Å². The Labute approximate surface area is 227 Å². The van der Waals surface area contributed by atoms with Crippen molar-refractivity contribution in [2.24, 2.45) is 0 Å². The number of pyridine rings is 2. The number of hydrogen-bond acceptors (Lipinski definition) is 7. The number of nitrogens with one attached hydrogen (secondary N) is 2. The SMILES string of the molecule is CC(C)n1c(=O)[nH]c2nccc(Oc3ccc(NC4OC4c4cnn(-c5cc(F)ccn5)c4C(F)(F)F)cc3F)c21. The van der Waals surface area contributed by atoms with Crippen LogP contribution < -0.4 is 15.7 Å². The van der Waals surface area contributed by atoms with Gasteiger partial charge < -0.3 is 14.8 Å². The van der Waals surface area contributed by atoms with E-state index >= 15 is 4.39 Å². The molecule has 15 heteroatoms. The van der Waals surface area contributed by atoms with E-state index in [4.69, 9.17) is 9.47 Å². The van der Waals surface area contributed by atoms with Gasteiger partial charge in [-0.3, -0.25) is 9.55 Å². The highest BCUT2D eigenvalue weighted by Gasteiger charge is 2.49. The van der Waals surface area contributed by atoms with Gasteiger partial charge >= 0.3 is 11.9 Å². The fraction of sp³-hybridized carbons (Fsp3) is 0.231. The van der Waals surface area contributed by atoms with Crippen molar-refractivity contribution < 1.29 is 31.4 Å².